The molecule has 1 atom stereocenters. The fraction of sp³-hybridized carbons (Fsp3) is 0.467. The van der Waals surface area contributed by atoms with Gasteiger partial charge in [0.15, 0.2) is 4.77 Å². The van der Waals surface area contributed by atoms with Crippen molar-refractivity contribution in [2.24, 2.45) is 0 Å². The number of rotatable bonds is 5. The van der Waals surface area contributed by atoms with Gasteiger partial charge in [-0.05, 0) is 44.7 Å². The van der Waals surface area contributed by atoms with E-state index in [4.69, 9.17) is 12.2 Å². The maximum Gasteiger partial charge on any atom is 0.262 e. The van der Waals surface area contributed by atoms with Crippen molar-refractivity contribution in [2.75, 3.05) is 13.6 Å². The Balaban J connectivity index is 2.31. The van der Waals surface area contributed by atoms with Crippen LogP contribution < -0.4 is 5.56 Å². The van der Waals surface area contributed by atoms with Crippen molar-refractivity contribution in [3.8, 4) is 0 Å². The zero-order chi connectivity index (χ0) is 14.7. The molecule has 0 spiro atoms. The van der Waals surface area contributed by atoms with E-state index in [1.165, 1.54) is 0 Å². The van der Waals surface area contributed by atoms with Gasteiger partial charge in [-0.3, -0.25) is 9.36 Å². The largest absolute Gasteiger partial charge is 0.332 e. The van der Waals surface area contributed by atoms with Crippen molar-refractivity contribution in [1.82, 2.24) is 14.5 Å². The molecule has 0 fully saturated rings. The zero-order valence-electron chi connectivity index (χ0n) is 12.2. The van der Waals surface area contributed by atoms with Crippen LogP contribution in [0, 0.1) is 4.77 Å². The maximum atomic E-state index is 12.5. The van der Waals surface area contributed by atoms with E-state index in [2.05, 4.69) is 30.8 Å². The van der Waals surface area contributed by atoms with E-state index in [0.29, 0.717) is 22.7 Å². The standard InChI is InChI=1S/C15H21N3OS/c1-4-11(2)17(3)9-10-18-14(19)12-7-5-6-8-13(12)16-15(18)20/h5-8,11H,4,9-10H2,1-3H3,(H,16,20). The van der Waals surface area contributed by atoms with E-state index < -0.39 is 0 Å². The summed E-state index contributed by atoms with van der Waals surface area (Å²) in [5.41, 5.74) is 0.788. The van der Waals surface area contributed by atoms with Crippen LogP contribution in [-0.2, 0) is 6.54 Å². The normalized spacial score (nSPS) is 13.0. The molecular weight excluding hydrogens is 270 g/mol. The number of aromatic nitrogens is 2. The summed E-state index contributed by atoms with van der Waals surface area (Å²) in [7, 11) is 2.08. The lowest BCUT2D eigenvalue weighted by Crippen LogP contribution is -2.34. The number of nitrogens with one attached hydrogen (secondary N) is 1. The first kappa shape index (κ1) is 14.9. The molecule has 2 aromatic rings. The second kappa shape index (κ2) is 6.33. The van der Waals surface area contributed by atoms with Crippen LogP contribution in [0.2, 0.25) is 0 Å². The van der Waals surface area contributed by atoms with E-state index in [1.807, 2.05) is 24.3 Å². The molecule has 108 valence electrons. The second-order valence-electron chi connectivity index (χ2n) is 5.17. The topological polar surface area (TPSA) is 41.0 Å². The second-order valence-corrected chi connectivity index (χ2v) is 5.56. The molecule has 5 heteroatoms. The molecule has 1 N–H and O–H groups in total. The van der Waals surface area contributed by atoms with Gasteiger partial charge in [0.05, 0.1) is 10.9 Å². The van der Waals surface area contributed by atoms with Crippen LogP contribution in [0.3, 0.4) is 0 Å². The number of hydrogen-bond donors (Lipinski definition) is 1. The molecule has 0 radical (unpaired) electrons. The predicted molar refractivity (Wildman–Crippen MR) is 85.8 cm³/mol. The summed E-state index contributed by atoms with van der Waals surface area (Å²) < 4.78 is 2.14. The van der Waals surface area contributed by atoms with E-state index in [-0.39, 0.29) is 5.56 Å². The highest BCUT2D eigenvalue weighted by Gasteiger charge is 2.09. The van der Waals surface area contributed by atoms with Crippen LogP contribution in [-0.4, -0.2) is 34.1 Å². The van der Waals surface area contributed by atoms with E-state index in [9.17, 15) is 4.79 Å². The molecule has 0 aliphatic carbocycles. The van der Waals surface area contributed by atoms with E-state index in [0.717, 1.165) is 18.5 Å². The van der Waals surface area contributed by atoms with Crippen molar-refractivity contribution >= 4 is 23.1 Å². The summed E-state index contributed by atoms with van der Waals surface area (Å²) in [6.45, 7) is 5.77. The lowest BCUT2D eigenvalue weighted by molar-refractivity contribution is 0.241. The fourth-order valence-corrected chi connectivity index (χ4v) is 2.48. The summed E-state index contributed by atoms with van der Waals surface area (Å²) >= 11 is 5.30. The first-order valence-electron chi connectivity index (χ1n) is 6.96. The molecule has 0 bridgehead atoms. The minimum atomic E-state index is -0.0121. The Kier molecular flexibility index (Phi) is 4.73. The van der Waals surface area contributed by atoms with Crippen molar-refractivity contribution in [3.05, 3.63) is 39.4 Å². The number of H-pyrrole nitrogens is 1. The SMILES string of the molecule is CCC(C)N(C)CCn1c(=S)[nH]c2ccccc2c1=O. The van der Waals surface area contributed by atoms with Gasteiger partial charge in [0.25, 0.3) is 5.56 Å². The van der Waals surface area contributed by atoms with Gasteiger partial charge >= 0.3 is 0 Å². The third kappa shape index (κ3) is 2.99. The highest BCUT2D eigenvalue weighted by molar-refractivity contribution is 7.71. The van der Waals surface area contributed by atoms with Gasteiger partial charge in [0, 0.05) is 19.1 Å². The molecule has 1 heterocycles. The van der Waals surface area contributed by atoms with Crippen molar-refractivity contribution < 1.29 is 0 Å². The minimum absolute atomic E-state index is 0.0121. The van der Waals surface area contributed by atoms with Gasteiger partial charge in [-0.25, -0.2) is 0 Å². The molecule has 4 nitrogen and oxygen atoms in total. The molecule has 0 saturated heterocycles. The molecule has 1 aromatic heterocycles. The number of para-hydroxylation sites is 1. The van der Waals surface area contributed by atoms with E-state index in [1.54, 1.807) is 4.57 Å². The molecule has 2 rings (SSSR count). The Morgan fingerprint density at radius 1 is 1.40 bits per heavy atom. The number of nitrogens with zero attached hydrogens (tertiary/aromatic N) is 2. The van der Waals surface area contributed by atoms with E-state index >= 15 is 0 Å². The average molecular weight is 291 g/mol. The Bertz CT molecular complexity index is 704. The minimum Gasteiger partial charge on any atom is -0.332 e. The van der Waals surface area contributed by atoms with Gasteiger partial charge < -0.3 is 9.88 Å². The lowest BCUT2D eigenvalue weighted by atomic mass is 10.2. The average Bonchev–Trinajstić information content (AvgIpc) is 2.45. The van der Waals surface area contributed by atoms with Gasteiger partial charge in [-0.1, -0.05) is 19.1 Å². The Labute approximate surface area is 124 Å². The van der Waals surface area contributed by atoms with Crippen molar-refractivity contribution in [2.45, 2.75) is 32.9 Å². The predicted octanol–water partition coefficient (Wildman–Crippen LogP) is 2.79. The summed E-state index contributed by atoms with van der Waals surface area (Å²) in [5, 5.41) is 0.687. The Morgan fingerprint density at radius 2 is 2.10 bits per heavy atom. The lowest BCUT2D eigenvalue weighted by Gasteiger charge is -2.23. The molecule has 1 unspecified atom stereocenters. The van der Waals surface area contributed by atoms with Crippen molar-refractivity contribution in [1.29, 1.82) is 0 Å². The molecular formula is C15H21N3OS. The summed E-state index contributed by atoms with van der Waals surface area (Å²) in [6.07, 6.45) is 1.09. The van der Waals surface area contributed by atoms with Gasteiger partial charge in [0.1, 0.15) is 0 Å². The number of hydrogen-bond acceptors (Lipinski definition) is 3. The fourth-order valence-electron chi connectivity index (χ4n) is 2.19. The quantitative estimate of drug-likeness (QED) is 0.861. The van der Waals surface area contributed by atoms with Crippen molar-refractivity contribution in [3.63, 3.8) is 0 Å². The van der Waals surface area contributed by atoms with Gasteiger partial charge in [0.2, 0.25) is 0 Å². The molecule has 0 saturated carbocycles. The van der Waals surface area contributed by atoms with Gasteiger partial charge in [-0.15, -0.1) is 0 Å². The van der Waals surface area contributed by atoms with Crippen LogP contribution in [0.25, 0.3) is 10.9 Å². The van der Waals surface area contributed by atoms with Crippen LogP contribution in [0.15, 0.2) is 29.1 Å². The smallest absolute Gasteiger partial charge is 0.262 e. The highest BCUT2D eigenvalue weighted by atomic mass is 32.1. The first-order valence-corrected chi connectivity index (χ1v) is 7.37. The van der Waals surface area contributed by atoms with Gasteiger partial charge in [-0.2, -0.15) is 0 Å². The monoisotopic (exact) mass is 291 g/mol. The first-order chi connectivity index (χ1) is 9.54. The maximum absolute atomic E-state index is 12.5. The molecule has 1 aromatic carbocycles. The van der Waals surface area contributed by atoms with Crippen LogP contribution in [0.5, 0.6) is 0 Å². The molecule has 0 aliphatic rings. The summed E-state index contributed by atoms with van der Waals surface area (Å²) in [4.78, 5) is 17.8. The molecule has 20 heavy (non-hydrogen) atoms. The third-order valence-electron chi connectivity index (χ3n) is 3.91. The summed E-state index contributed by atoms with van der Waals surface area (Å²) in [6, 6.07) is 7.98. The van der Waals surface area contributed by atoms with Crippen LogP contribution in [0.1, 0.15) is 20.3 Å². The number of benzene rings is 1. The Hall–Kier alpha value is -1.46. The highest BCUT2D eigenvalue weighted by Crippen LogP contribution is 2.06. The number of likely N-dealkylation sites (N-methyl/N-ethyl adjacent to an activating group) is 1. The Morgan fingerprint density at radius 3 is 2.80 bits per heavy atom. The molecule has 0 aliphatic heterocycles. The number of aromatic amines is 1. The molecule has 0 amide bonds. The van der Waals surface area contributed by atoms with Crippen LogP contribution >= 0.6 is 12.2 Å². The zero-order valence-corrected chi connectivity index (χ0v) is 13.0. The third-order valence-corrected chi connectivity index (χ3v) is 4.23. The summed E-state index contributed by atoms with van der Waals surface area (Å²) in [5.74, 6) is 0. The number of fused-ring (bicyclic) bond motifs is 1. The van der Waals surface area contributed by atoms with Crippen LogP contribution in [0.4, 0.5) is 0 Å².